The molecule has 1 aliphatic heterocycles. The van der Waals surface area contributed by atoms with E-state index in [1.165, 1.54) is 4.90 Å². The van der Waals surface area contributed by atoms with Crippen LogP contribution < -0.4 is 5.32 Å². The van der Waals surface area contributed by atoms with Gasteiger partial charge in [0.1, 0.15) is 12.1 Å². The SMILES string of the molecule is CC(C)(C)OC(=O)NCC(=O)N1CC=C(B(O)O)CC1. The maximum absolute atomic E-state index is 11.8. The van der Waals surface area contributed by atoms with Crippen LogP contribution in [0, 0.1) is 0 Å². The van der Waals surface area contributed by atoms with Gasteiger partial charge in [-0.05, 0) is 32.7 Å². The molecule has 1 aliphatic rings. The van der Waals surface area contributed by atoms with Crippen LogP contribution in [0.5, 0.6) is 0 Å². The van der Waals surface area contributed by atoms with Gasteiger partial charge in [0, 0.05) is 13.1 Å². The number of carbonyl (C=O) groups is 2. The maximum atomic E-state index is 11.8. The molecule has 1 heterocycles. The Morgan fingerprint density at radius 2 is 2.10 bits per heavy atom. The van der Waals surface area contributed by atoms with Crippen molar-refractivity contribution < 1.29 is 24.4 Å². The van der Waals surface area contributed by atoms with Crippen LogP contribution in [0.25, 0.3) is 0 Å². The van der Waals surface area contributed by atoms with Crippen LogP contribution in [0.15, 0.2) is 11.5 Å². The van der Waals surface area contributed by atoms with Gasteiger partial charge in [-0.2, -0.15) is 0 Å². The lowest BCUT2D eigenvalue weighted by atomic mass is 9.76. The first-order valence-electron chi connectivity index (χ1n) is 6.49. The first-order valence-corrected chi connectivity index (χ1v) is 6.49. The van der Waals surface area contributed by atoms with Gasteiger partial charge in [-0.3, -0.25) is 4.79 Å². The Morgan fingerprint density at radius 3 is 2.55 bits per heavy atom. The number of nitrogens with zero attached hydrogens (tertiary/aromatic N) is 1. The van der Waals surface area contributed by atoms with Gasteiger partial charge < -0.3 is 25.0 Å². The summed E-state index contributed by atoms with van der Waals surface area (Å²) in [6.07, 6.45) is 1.39. The first kappa shape index (κ1) is 16.5. The Morgan fingerprint density at radius 1 is 1.45 bits per heavy atom. The van der Waals surface area contributed by atoms with Crippen molar-refractivity contribution in [3.05, 3.63) is 11.5 Å². The summed E-state index contributed by atoms with van der Waals surface area (Å²) < 4.78 is 5.03. The zero-order chi connectivity index (χ0) is 15.3. The number of hydrogen-bond acceptors (Lipinski definition) is 5. The summed E-state index contributed by atoms with van der Waals surface area (Å²) in [6, 6.07) is 0. The lowest BCUT2D eigenvalue weighted by molar-refractivity contribution is -0.129. The van der Waals surface area contributed by atoms with Gasteiger partial charge in [-0.25, -0.2) is 4.79 Å². The van der Waals surface area contributed by atoms with Gasteiger partial charge in [0.2, 0.25) is 5.91 Å². The Labute approximate surface area is 118 Å². The van der Waals surface area contributed by atoms with Crippen LogP contribution in [0.1, 0.15) is 27.2 Å². The van der Waals surface area contributed by atoms with Crippen LogP contribution in [-0.2, 0) is 9.53 Å². The molecule has 20 heavy (non-hydrogen) atoms. The zero-order valence-corrected chi connectivity index (χ0v) is 12.0. The molecule has 3 N–H and O–H groups in total. The van der Waals surface area contributed by atoms with Gasteiger partial charge in [0.25, 0.3) is 0 Å². The van der Waals surface area contributed by atoms with Gasteiger partial charge in [0.05, 0.1) is 0 Å². The van der Waals surface area contributed by atoms with E-state index >= 15 is 0 Å². The molecule has 2 amide bonds. The van der Waals surface area contributed by atoms with Crippen molar-refractivity contribution in [2.24, 2.45) is 0 Å². The Kier molecular flexibility index (Phi) is 5.58. The van der Waals surface area contributed by atoms with Crippen LogP contribution >= 0.6 is 0 Å². The number of amides is 2. The second kappa shape index (κ2) is 6.76. The number of ether oxygens (including phenoxy) is 1. The fraction of sp³-hybridized carbons (Fsp3) is 0.667. The van der Waals surface area contributed by atoms with E-state index in [2.05, 4.69) is 5.32 Å². The van der Waals surface area contributed by atoms with Gasteiger partial charge >= 0.3 is 13.2 Å². The van der Waals surface area contributed by atoms with E-state index in [-0.39, 0.29) is 12.5 Å². The minimum absolute atomic E-state index is 0.139. The number of carbonyl (C=O) groups excluding carboxylic acids is 2. The summed E-state index contributed by atoms with van der Waals surface area (Å²) in [4.78, 5) is 24.8. The van der Waals surface area contributed by atoms with E-state index in [9.17, 15) is 9.59 Å². The Bertz CT molecular complexity index is 403. The smallest absolute Gasteiger partial charge is 0.444 e. The molecule has 0 saturated carbocycles. The van der Waals surface area contributed by atoms with Crippen LogP contribution in [-0.4, -0.2) is 59.3 Å². The van der Waals surface area contributed by atoms with E-state index < -0.39 is 18.8 Å². The summed E-state index contributed by atoms with van der Waals surface area (Å²) in [5.41, 5.74) is -0.0955. The third kappa shape index (κ3) is 5.62. The molecule has 0 unspecified atom stereocenters. The lowest BCUT2D eigenvalue weighted by Crippen LogP contribution is -2.44. The normalized spacial score (nSPS) is 15.4. The summed E-state index contributed by atoms with van der Waals surface area (Å²) in [5, 5.41) is 20.4. The number of alkyl carbamates (subject to hydrolysis) is 1. The number of rotatable bonds is 3. The fourth-order valence-corrected chi connectivity index (χ4v) is 1.72. The minimum Gasteiger partial charge on any atom is -0.444 e. The third-order valence-corrected chi connectivity index (χ3v) is 2.71. The predicted octanol–water partition coefficient (Wildman–Crippen LogP) is -0.318. The highest BCUT2D eigenvalue weighted by molar-refractivity contribution is 6.50. The second-order valence-corrected chi connectivity index (χ2v) is 5.60. The molecule has 0 aliphatic carbocycles. The molecule has 0 bridgehead atoms. The van der Waals surface area contributed by atoms with Crippen molar-refractivity contribution in [3.63, 3.8) is 0 Å². The highest BCUT2D eigenvalue weighted by Gasteiger charge is 2.23. The maximum Gasteiger partial charge on any atom is 0.483 e. The second-order valence-electron chi connectivity index (χ2n) is 5.60. The van der Waals surface area contributed by atoms with Crippen LogP contribution in [0.4, 0.5) is 4.79 Å². The molecule has 0 saturated heterocycles. The molecule has 0 aromatic heterocycles. The minimum atomic E-state index is -1.47. The summed E-state index contributed by atoms with van der Waals surface area (Å²) in [5.74, 6) is -0.237. The zero-order valence-electron chi connectivity index (χ0n) is 12.0. The van der Waals surface area contributed by atoms with E-state index in [0.29, 0.717) is 25.0 Å². The molecule has 0 aromatic carbocycles. The van der Waals surface area contributed by atoms with Crippen molar-refractivity contribution in [2.45, 2.75) is 32.8 Å². The third-order valence-electron chi connectivity index (χ3n) is 2.71. The average molecular weight is 284 g/mol. The molecule has 1 rings (SSSR count). The molecular weight excluding hydrogens is 263 g/mol. The Hall–Kier alpha value is -1.54. The summed E-state index contributed by atoms with van der Waals surface area (Å²) >= 11 is 0. The molecule has 0 spiro atoms. The number of hydrogen-bond donors (Lipinski definition) is 3. The van der Waals surface area contributed by atoms with Crippen molar-refractivity contribution in [3.8, 4) is 0 Å². The molecule has 0 radical (unpaired) electrons. The molecule has 0 aromatic rings. The van der Waals surface area contributed by atoms with Crippen molar-refractivity contribution in [1.29, 1.82) is 0 Å². The topological polar surface area (TPSA) is 99.1 Å². The van der Waals surface area contributed by atoms with E-state index in [1.54, 1.807) is 26.8 Å². The molecular formula is C12H21BN2O5. The summed E-state index contributed by atoms with van der Waals surface area (Å²) in [6.45, 7) is 5.79. The monoisotopic (exact) mass is 284 g/mol. The van der Waals surface area contributed by atoms with Gasteiger partial charge in [-0.1, -0.05) is 6.08 Å². The fourth-order valence-electron chi connectivity index (χ4n) is 1.72. The standard InChI is InChI=1S/C12H21BN2O5/c1-12(2,3)20-11(17)14-8-10(16)15-6-4-9(5-7-15)13(18)19/h4,18-19H,5-8H2,1-3H3,(H,14,17). The average Bonchev–Trinajstić information content (AvgIpc) is 2.34. The summed E-state index contributed by atoms with van der Waals surface area (Å²) in [7, 11) is -1.47. The quantitative estimate of drug-likeness (QED) is 0.617. The molecule has 112 valence electrons. The molecule has 0 atom stereocenters. The lowest BCUT2D eigenvalue weighted by Gasteiger charge is -2.26. The van der Waals surface area contributed by atoms with E-state index in [0.717, 1.165) is 0 Å². The highest BCUT2D eigenvalue weighted by atomic mass is 16.6. The molecule has 8 heteroatoms. The van der Waals surface area contributed by atoms with Crippen molar-refractivity contribution in [2.75, 3.05) is 19.6 Å². The van der Waals surface area contributed by atoms with Gasteiger partial charge in [-0.15, -0.1) is 0 Å². The van der Waals surface area contributed by atoms with Crippen molar-refractivity contribution >= 4 is 19.1 Å². The predicted molar refractivity (Wildman–Crippen MR) is 73.7 cm³/mol. The highest BCUT2D eigenvalue weighted by Crippen LogP contribution is 2.11. The number of nitrogens with one attached hydrogen (secondary N) is 1. The first-order chi connectivity index (χ1) is 9.19. The van der Waals surface area contributed by atoms with Crippen molar-refractivity contribution in [1.82, 2.24) is 10.2 Å². The van der Waals surface area contributed by atoms with Crippen LogP contribution in [0.2, 0.25) is 0 Å². The van der Waals surface area contributed by atoms with Gasteiger partial charge in [0.15, 0.2) is 0 Å². The molecule has 7 nitrogen and oxygen atoms in total. The van der Waals surface area contributed by atoms with Crippen LogP contribution in [0.3, 0.4) is 0 Å². The van der Waals surface area contributed by atoms with E-state index in [4.69, 9.17) is 14.8 Å². The van der Waals surface area contributed by atoms with E-state index in [1.807, 2.05) is 0 Å². The molecule has 0 fully saturated rings. The largest absolute Gasteiger partial charge is 0.483 e. The Balaban J connectivity index is 2.36.